The van der Waals surface area contributed by atoms with Crippen LogP contribution in [0.15, 0.2) is 18.2 Å². The molecule has 0 heterocycles. The van der Waals surface area contributed by atoms with Crippen LogP contribution in [0.25, 0.3) is 0 Å². The van der Waals surface area contributed by atoms with Gasteiger partial charge in [0, 0.05) is 11.8 Å². The Kier molecular flexibility index (Phi) is 4.63. The number of nitrogens with one attached hydrogen (secondary N) is 1. The van der Waals surface area contributed by atoms with Crippen LogP contribution in [0, 0.1) is 0 Å². The third kappa shape index (κ3) is 4.35. The molecule has 0 radical (unpaired) electrons. The Morgan fingerprint density at radius 1 is 1.26 bits per heavy atom. The van der Waals surface area contributed by atoms with Crippen molar-refractivity contribution in [3.8, 4) is 11.5 Å². The van der Waals surface area contributed by atoms with E-state index in [1.165, 1.54) is 25.3 Å². The van der Waals surface area contributed by atoms with Crippen LogP contribution in [0.2, 0.25) is 0 Å². The third-order valence-corrected chi connectivity index (χ3v) is 2.04. The van der Waals surface area contributed by atoms with Gasteiger partial charge in [-0.15, -0.1) is 0 Å². The van der Waals surface area contributed by atoms with Crippen molar-refractivity contribution < 1.29 is 27.4 Å². The lowest BCUT2D eigenvalue weighted by molar-refractivity contribution is -0.167. The molecule has 7 heteroatoms. The van der Waals surface area contributed by atoms with Crippen molar-refractivity contribution in [1.29, 1.82) is 0 Å². The van der Waals surface area contributed by atoms with Gasteiger partial charge in [0.05, 0.1) is 13.2 Å². The number of carbonyl (C=O) groups is 1. The molecular formula is C12H14F3NO3. The first-order valence-electron chi connectivity index (χ1n) is 5.47. The van der Waals surface area contributed by atoms with Crippen molar-refractivity contribution in [2.75, 3.05) is 12.4 Å². The van der Waals surface area contributed by atoms with Gasteiger partial charge < -0.3 is 14.8 Å². The molecule has 19 heavy (non-hydrogen) atoms. The standard InChI is InChI=1S/C12H14F3NO3/c1-7(2)19-10-6-8(4-5-9(10)18-3)16-11(17)12(13,14)15/h4-7H,1-3H3,(H,16,17). The molecule has 1 aromatic rings. The summed E-state index contributed by atoms with van der Waals surface area (Å²) < 4.78 is 46.8. The average Bonchev–Trinajstić information content (AvgIpc) is 2.27. The smallest absolute Gasteiger partial charge is 0.471 e. The van der Waals surface area contributed by atoms with Gasteiger partial charge >= 0.3 is 12.1 Å². The fraction of sp³-hybridized carbons (Fsp3) is 0.417. The number of hydrogen-bond acceptors (Lipinski definition) is 3. The summed E-state index contributed by atoms with van der Waals surface area (Å²) in [6, 6.07) is 4.00. The summed E-state index contributed by atoms with van der Waals surface area (Å²) in [6.07, 6.45) is -5.11. The topological polar surface area (TPSA) is 47.6 Å². The van der Waals surface area contributed by atoms with Crippen LogP contribution >= 0.6 is 0 Å². The summed E-state index contributed by atoms with van der Waals surface area (Å²) in [5.74, 6) is -1.40. The Morgan fingerprint density at radius 2 is 1.89 bits per heavy atom. The van der Waals surface area contributed by atoms with Gasteiger partial charge in [-0.3, -0.25) is 4.79 Å². The molecule has 0 aliphatic heterocycles. The predicted octanol–water partition coefficient (Wildman–Crippen LogP) is 2.98. The number of ether oxygens (including phenoxy) is 2. The van der Waals surface area contributed by atoms with E-state index in [1.54, 1.807) is 19.2 Å². The number of alkyl halides is 3. The zero-order valence-electron chi connectivity index (χ0n) is 10.7. The first-order valence-corrected chi connectivity index (χ1v) is 5.47. The first kappa shape index (κ1) is 15.1. The SMILES string of the molecule is COc1ccc(NC(=O)C(F)(F)F)cc1OC(C)C. The highest BCUT2D eigenvalue weighted by Gasteiger charge is 2.38. The highest BCUT2D eigenvalue weighted by molar-refractivity contribution is 5.95. The van der Waals surface area contributed by atoms with E-state index in [1.807, 2.05) is 0 Å². The number of methoxy groups -OCH3 is 1. The summed E-state index contributed by atoms with van der Waals surface area (Å²) in [6.45, 7) is 3.53. The van der Waals surface area contributed by atoms with Crippen molar-refractivity contribution in [3.63, 3.8) is 0 Å². The van der Waals surface area contributed by atoms with Crippen LogP contribution < -0.4 is 14.8 Å². The van der Waals surface area contributed by atoms with Crippen molar-refractivity contribution in [3.05, 3.63) is 18.2 Å². The minimum atomic E-state index is -4.93. The Morgan fingerprint density at radius 3 is 2.37 bits per heavy atom. The maximum Gasteiger partial charge on any atom is 0.471 e. The molecule has 0 aliphatic rings. The van der Waals surface area contributed by atoms with Gasteiger partial charge in [-0.05, 0) is 26.0 Å². The lowest BCUT2D eigenvalue weighted by Crippen LogP contribution is -2.29. The minimum Gasteiger partial charge on any atom is -0.493 e. The maximum atomic E-state index is 12.1. The second-order valence-electron chi connectivity index (χ2n) is 3.98. The molecule has 0 atom stereocenters. The Labute approximate surface area is 108 Å². The molecule has 0 spiro atoms. The van der Waals surface area contributed by atoms with E-state index < -0.39 is 12.1 Å². The maximum absolute atomic E-state index is 12.1. The van der Waals surface area contributed by atoms with Gasteiger partial charge in [0.2, 0.25) is 0 Å². The normalized spacial score (nSPS) is 11.3. The van der Waals surface area contributed by atoms with Gasteiger partial charge in [0.25, 0.3) is 0 Å². The number of amides is 1. The van der Waals surface area contributed by atoms with Crippen molar-refractivity contribution in [2.45, 2.75) is 26.1 Å². The fourth-order valence-corrected chi connectivity index (χ4v) is 1.30. The van der Waals surface area contributed by atoms with E-state index in [-0.39, 0.29) is 17.5 Å². The van der Waals surface area contributed by atoms with E-state index in [9.17, 15) is 18.0 Å². The summed E-state index contributed by atoms with van der Waals surface area (Å²) in [7, 11) is 1.41. The molecule has 1 aromatic carbocycles. The van der Waals surface area contributed by atoms with Crippen molar-refractivity contribution in [2.24, 2.45) is 0 Å². The molecule has 0 unspecified atom stereocenters. The molecule has 1 N–H and O–H groups in total. The highest BCUT2D eigenvalue weighted by atomic mass is 19.4. The van der Waals surface area contributed by atoms with Gasteiger partial charge in [-0.25, -0.2) is 0 Å². The molecule has 0 saturated heterocycles. The van der Waals surface area contributed by atoms with Gasteiger partial charge in [-0.1, -0.05) is 0 Å². The molecule has 0 aromatic heterocycles. The lowest BCUT2D eigenvalue weighted by Gasteiger charge is -2.15. The van der Waals surface area contributed by atoms with Gasteiger partial charge in [0.15, 0.2) is 11.5 Å². The Balaban J connectivity index is 2.95. The highest BCUT2D eigenvalue weighted by Crippen LogP contribution is 2.31. The van der Waals surface area contributed by atoms with Crippen LogP contribution in [0.4, 0.5) is 18.9 Å². The fourth-order valence-electron chi connectivity index (χ4n) is 1.30. The third-order valence-electron chi connectivity index (χ3n) is 2.04. The molecule has 0 aliphatic carbocycles. The molecular weight excluding hydrogens is 263 g/mol. The Bertz CT molecular complexity index is 458. The van der Waals surface area contributed by atoms with E-state index in [0.717, 1.165) is 0 Å². The molecule has 0 saturated carbocycles. The van der Waals surface area contributed by atoms with E-state index in [4.69, 9.17) is 9.47 Å². The molecule has 1 rings (SSSR count). The summed E-state index contributed by atoms with van der Waals surface area (Å²) in [4.78, 5) is 10.8. The largest absolute Gasteiger partial charge is 0.493 e. The van der Waals surface area contributed by atoms with E-state index >= 15 is 0 Å². The summed E-state index contributed by atoms with van der Waals surface area (Å²) >= 11 is 0. The second-order valence-corrected chi connectivity index (χ2v) is 3.98. The number of carbonyl (C=O) groups excluding carboxylic acids is 1. The van der Waals surface area contributed by atoms with Crippen LogP contribution in [0.1, 0.15) is 13.8 Å². The molecule has 106 valence electrons. The number of halogens is 3. The van der Waals surface area contributed by atoms with E-state index in [0.29, 0.717) is 5.75 Å². The minimum absolute atomic E-state index is 0.0150. The summed E-state index contributed by atoms with van der Waals surface area (Å²) in [5.41, 5.74) is -0.0150. The predicted molar refractivity (Wildman–Crippen MR) is 63.4 cm³/mol. The first-order chi connectivity index (χ1) is 8.74. The van der Waals surface area contributed by atoms with Crippen LogP contribution in [-0.2, 0) is 4.79 Å². The molecule has 4 nitrogen and oxygen atoms in total. The summed E-state index contributed by atoms with van der Waals surface area (Å²) in [5, 5.41) is 1.75. The van der Waals surface area contributed by atoms with Crippen molar-refractivity contribution >= 4 is 11.6 Å². The lowest BCUT2D eigenvalue weighted by atomic mass is 10.2. The zero-order chi connectivity index (χ0) is 14.6. The molecule has 0 fully saturated rings. The zero-order valence-corrected chi connectivity index (χ0v) is 10.7. The number of benzene rings is 1. The molecule has 0 bridgehead atoms. The van der Waals surface area contributed by atoms with Gasteiger partial charge in [-0.2, -0.15) is 13.2 Å². The van der Waals surface area contributed by atoms with E-state index in [2.05, 4.69) is 0 Å². The van der Waals surface area contributed by atoms with Crippen LogP contribution in [-0.4, -0.2) is 25.3 Å². The Hall–Kier alpha value is -1.92. The quantitative estimate of drug-likeness (QED) is 0.920. The second kappa shape index (κ2) is 5.81. The molecule has 1 amide bonds. The van der Waals surface area contributed by atoms with Crippen molar-refractivity contribution in [1.82, 2.24) is 0 Å². The number of anilines is 1. The van der Waals surface area contributed by atoms with Gasteiger partial charge in [0.1, 0.15) is 0 Å². The van der Waals surface area contributed by atoms with Crippen LogP contribution in [0.3, 0.4) is 0 Å². The number of rotatable bonds is 4. The average molecular weight is 277 g/mol. The van der Waals surface area contributed by atoms with Crippen LogP contribution in [0.5, 0.6) is 11.5 Å². The monoisotopic (exact) mass is 277 g/mol. The number of hydrogen-bond donors (Lipinski definition) is 1.